The number of hydrogen-bond donors (Lipinski definition) is 4. The van der Waals surface area contributed by atoms with Gasteiger partial charge in [-0.2, -0.15) is 0 Å². The average molecular weight is 200 g/mol. The molecule has 4 heteroatoms. The standard InChI is InChI=1S/C10H24N4/c1-8(14-2)7-10(13)9(12)5-3-4-6-11/h8-9,13-14H,3-7,11-12H2,1-2H3/t8?,9-/m0/s1. The molecule has 0 saturated carbocycles. The Morgan fingerprint density at radius 3 is 2.57 bits per heavy atom. The molecule has 0 aliphatic rings. The fourth-order valence-corrected chi connectivity index (χ4v) is 1.27. The van der Waals surface area contributed by atoms with Gasteiger partial charge in [-0.1, -0.05) is 6.42 Å². The quantitative estimate of drug-likeness (QED) is 0.339. The summed E-state index contributed by atoms with van der Waals surface area (Å²) in [5, 5.41) is 10.9. The lowest BCUT2D eigenvalue weighted by Crippen LogP contribution is -2.35. The summed E-state index contributed by atoms with van der Waals surface area (Å²) in [5.74, 6) is 0. The molecule has 14 heavy (non-hydrogen) atoms. The maximum Gasteiger partial charge on any atom is 0.0423 e. The van der Waals surface area contributed by atoms with Crippen molar-refractivity contribution >= 4 is 5.71 Å². The fourth-order valence-electron chi connectivity index (χ4n) is 1.27. The minimum Gasteiger partial charge on any atom is -0.330 e. The Bertz CT molecular complexity index is 158. The Labute approximate surface area is 86.9 Å². The van der Waals surface area contributed by atoms with E-state index in [4.69, 9.17) is 16.9 Å². The van der Waals surface area contributed by atoms with Gasteiger partial charge in [-0.15, -0.1) is 0 Å². The van der Waals surface area contributed by atoms with Crippen molar-refractivity contribution in [2.24, 2.45) is 11.5 Å². The van der Waals surface area contributed by atoms with E-state index in [0.29, 0.717) is 18.3 Å². The summed E-state index contributed by atoms with van der Waals surface area (Å²) in [6.07, 6.45) is 3.64. The van der Waals surface area contributed by atoms with Crippen LogP contribution < -0.4 is 16.8 Å². The second-order valence-corrected chi connectivity index (χ2v) is 3.81. The Morgan fingerprint density at radius 1 is 1.43 bits per heavy atom. The Balaban J connectivity index is 3.64. The second kappa shape index (κ2) is 7.91. The molecule has 0 aromatic rings. The maximum atomic E-state index is 7.77. The van der Waals surface area contributed by atoms with Crippen molar-refractivity contribution in [1.82, 2.24) is 5.32 Å². The summed E-state index contributed by atoms with van der Waals surface area (Å²) in [5.41, 5.74) is 11.9. The van der Waals surface area contributed by atoms with Crippen LogP contribution in [0.4, 0.5) is 0 Å². The van der Waals surface area contributed by atoms with Gasteiger partial charge in [-0.25, -0.2) is 0 Å². The normalized spacial score (nSPS) is 15.1. The molecule has 0 aromatic carbocycles. The zero-order valence-electron chi connectivity index (χ0n) is 9.34. The minimum atomic E-state index is -0.0858. The SMILES string of the molecule is CNC(C)CC(=N)[C@@H](N)CCCCN. The van der Waals surface area contributed by atoms with Crippen LogP contribution in [0.15, 0.2) is 0 Å². The van der Waals surface area contributed by atoms with Crippen LogP contribution in [0.25, 0.3) is 0 Å². The van der Waals surface area contributed by atoms with E-state index < -0.39 is 0 Å². The molecule has 0 bridgehead atoms. The number of rotatable bonds is 8. The van der Waals surface area contributed by atoms with Crippen molar-refractivity contribution in [3.8, 4) is 0 Å². The van der Waals surface area contributed by atoms with Crippen LogP contribution in [-0.4, -0.2) is 31.4 Å². The highest BCUT2D eigenvalue weighted by Gasteiger charge is 2.11. The topological polar surface area (TPSA) is 87.9 Å². The van der Waals surface area contributed by atoms with E-state index in [2.05, 4.69) is 12.2 Å². The minimum absolute atomic E-state index is 0.0858. The first kappa shape index (κ1) is 13.5. The summed E-state index contributed by atoms with van der Waals surface area (Å²) < 4.78 is 0. The summed E-state index contributed by atoms with van der Waals surface area (Å²) in [6, 6.07) is 0.250. The number of hydrogen-bond acceptors (Lipinski definition) is 4. The summed E-state index contributed by atoms with van der Waals surface area (Å²) in [4.78, 5) is 0. The first-order chi connectivity index (χ1) is 6.61. The zero-order chi connectivity index (χ0) is 11.0. The van der Waals surface area contributed by atoms with Gasteiger partial charge in [0.05, 0.1) is 0 Å². The molecule has 0 aliphatic carbocycles. The monoisotopic (exact) mass is 200 g/mol. The second-order valence-electron chi connectivity index (χ2n) is 3.81. The third kappa shape index (κ3) is 6.07. The summed E-state index contributed by atoms with van der Waals surface area (Å²) in [7, 11) is 1.90. The predicted molar refractivity (Wildman–Crippen MR) is 61.7 cm³/mol. The predicted octanol–water partition coefficient (Wildman–Crippen LogP) is 0.460. The van der Waals surface area contributed by atoms with Gasteiger partial charge in [0.25, 0.3) is 0 Å². The summed E-state index contributed by atoms with van der Waals surface area (Å²) in [6.45, 7) is 2.77. The Hall–Kier alpha value is -0.450. The van der Waals surface area contributed by atoms with Gasteiger partial charge in [0, 0.05) is 24.2 Å². The first-order valence-corrected chi connectivity index (χ1v) is 5.32. The molecule has 84 valence electrons. The van der Waals surface area contributed by atoms with Crippen LogP contribution in [0.3, 0.4) is 0 Å². The van der Waals surface area contributed by atoms with E-state index in [1.165, 1.54) is 0 Å². The molecule has 2 atom stereocenters. The highest BCUT2D eigenvalue weighted by Crippen LogP contribution is 2.03. The van der Waals surface area contributed by atoms with Gasteiger partial charge in [0.2, 0.25) is 0 Å². The molecule has 1 unspecified atom stereocenters. The first-order valence-electron chi connectivity index (χ1n) is 5.32. The zero-order valence-corrected chi connectivity index (χ0v) is 9.34. The fraction of sp³-hybridized carbons (Fsp3) is 0.900. The van der Waals surface area contributed by atoms with Gasteiger partial charge in [0.1, 0.15) is 0 Å². The van der Waals surface area contributed by atoms with Crippen LogP contribution in [0.5, 0.6) is 0 Å². The van der Waals surface area contributed by atoms with Gasteiger partial charge in [-0.3, -0.25) is 0 Å². The average Bonchev–Trinajstić information content (AvgIpc) is 2.17. The molecular weight excluding hydrogens is 176 g/mol. The van der Waals surface area contributed by atoms with E-state index in [-0.39, 0.29) is 6.04 Å². The molecule has 0 spiro atoms. The number of nitrogens with two attached hydrogens (primary N) is 2. The highest BCUT2D eigenvalue weighted by molar-refractivity contribution is 5.86. The summed E-state index contributed by atoms with van der Waals surface area (Å²) >= 11 is 0. The van der Waals surface area contributed by atoms with Gasteiger partial charge >= 0.3 is 0 Å². The molecule has 0 saturated heterocycles. The van der Waals surface area contributed by atoms with Crippen molar-refractivity contribution < 1.29 is 0 Å². The van der Waals surface area contributed by atoms with E-state index in [1.54, 1.807) is 0 Å². The Morgan fingerprint density at radius 2 is 2.07 bits per heavy atom. The van der Waals surface area contributed by atoms with Crippen molar-refractivity contribution in [2.75, 3.05) is 13.6 Å². The molecule has 4 nitrogen and oxygen atoms in total. The van der Waals surface area contributed by atoms with Gasteiger partial charge in [-0.05, 0) is 33.4 Å². The van der Waals surface area contributed by atoms with Crippen molar-refractivity contribution in [3.05, 3.63) is 0 Å². The highest BCUT2D eigenvalue weighted by atomic mass is 14.9. The maximum absolute atomic E-state index is 7.77. The van der Waals surface area contributed by atoms with Crippen LogP contribution >= 0.6 is 0 Å². The third-order valence-corrected chi connectivity index (χ3v) is 2.44. The molecule has 0 amide bonds. The lowest BCUT2D eigenvalue weighted by molar-refractivity contribution is 0.601. The molecule has 0 radical (unpaired) electrons. The van der Waals surface area contributed by atoms with Crippen LogP contribution in [-0.2, 0) is 0 Å². The number of unbranched alkanes of at least 4 members (excludes halogenated alkanes) is 1. The smallest absolute Gasteiger partial charge is 0.0423 e. The molecule has 6 N–H and O–H groups in total. The lowest BCUT2D eigenvalue weighted by Gasteiger charge is -2.16. The van der Waals surface area contributed by atoms with E-state index in [1.807, 2.05) is 7.05 Å². The van der Waals surface area contributed by atoms with Crippen LogP contribution in [0, 0.1) is 5.41 Å². The van der Waals surface area contributed by atoms with Gasteiger partial charge in [0.15, 0.2) is 0 Å². The van der Waals surface area contributed by atoms with E-state index >= 15 is 0 Å². The van der Waals surface area contributed by atoms with Crippen LogP contribution in [0.2, 0.25) is 0 Å². The molecule has 0 aliphatic heterocycles. The van der Waals surface area contributed by atoms with Crippen molar-refractivity contribution in [1.29, 1.82) is 5.41 Å². The molecule has 0 aromatic heterocycles. The van der Waals surface area contributed by atoms with Gasteiger partial charge < -0.3 is 22.2 Å². The van der Waals surface area contributed by atoms with Crippen LogP contribution in [0.1, 0.15) is 32.6 Å². The van der Waals surface area contributed by atoms with Crippen molar-refractivity contribution in [3.63, 3.8) is 0 Å². The third-order valence-electron chi connectivity index (χ3n) is 2.44. The van der Waals surface area contributed by atoms with E-state index in [9.17, 15) is 0 Å². The number of nitrogens with one attached hydrogen (secondary N) is 2. The molecule has 0 fully saturated rings. The molecule has 0 rings (SSSR count). The Kier molecular flexibility index (Phi) is 7.65. The molecule has 0 heterocycles. The lowest BCUT2D eigenvalue weighted by atomic mass is 10.0. The van der Waals surface area contributed by atoms with E-state index in [0.717, 1.165) is 25.7 Å². The van der Waals surface area contributed by atoms with Crippen molar-refractivity contribution in [2.45, 2.75) is 44.7 Å². The largest absolute Gasteiger partial charge is 0.330 e. The molecular formula is C10H24N4.